The summed E-state index contributed by atoms with van der Waals surface area (Å²) in [5, 5.41) is 0.938. The maximum Gasteiger partial charge on any atom is 0.266 e. The molecule has 0 spiro atoms. The van der Waals surface area contributed by atoms with Crippen LogP contribution in [0.4, 0.5) is 0 Å². The van der Waals surface area contributed by atoms with Gasteiger partial charge < -0.3 is 0 Å². The van der Waals surface area contributed by atoms with Crippen LogP contribution in [0.5, 0.6) is 0 Å². The second-order valence-corrected chi connectivity index (χ2v) is 5.01. The van der Waals surface area contributed by atoms with Crippen molar-refractivity contribution < 1.29 is 16.4 Å². The van der Waals surface area contributed by atoms with Crippen molar-refractivity contribution >= 4 is 16.7 Å². The predicted octanol–water partition coefficient (Wildman–Crippen LogP) is 1.63. The lowest BCUT2D eigenvalue weighted by Gasteiger charge is -2.04. The number of aromatic nitrogens is 2. The molecule has 20 heavy (non-hydrogen) atoms. The standard InChI is InChI=1S/C15H8ClN2O2/c16-9-5-3-7-11-12(9)13(19)14-17-10-6-2-1-4-8(10)15(20)18(11)14/h1-7,16H/q+1. The summed E-state index contributed by atoms with van der Waals surface area (Å²) in [6, 6.07) is 12.1. The first-order valence-electron chi connectivity index (χ1n) is 6.05. The number of halogens is 1. The van der Waals surface area contributed by atoms with Crippen molar-refractivity contribution in [2.45, 2.75) is 0 Å². The number of ketones is 1. The van der Waals surface area contributed by atoms with Gasteiger partial charge in [-0.05, 0) is 18.2 Å². The molecule has 0 saturated carbocycles. The third-order valence-corrected chi connectivity index (χ3v) is 3.79. The molecule has 0 N–H and O–H groups in total. The molecule has 2 heterocycles. The number of rotatable bonds is 0. The van der Waals surface area contributed by atoms with E-state index in [0.717, 1.165) is 0 Å². The molecule has 0 aliphatic carbocycles. The molecule has 1 aromatic heterocycles. The molecule has 96 valence electrons. The second-order valence-electron chi connectivity index (χ2n) is 4.57. The molecule has 0 radical (unpaired) electrons. The highest BCUT2D eigenvalue weighted by atomic mass is 35.5. The number of para-hydroxylation sites is 1. The van der Waals surface area contributed by atoms with Gasteiger partial charge in [0.1, 0.15) is 5.56 Å². The Morgan fingerprint density at radius 3 is 2.65 bits per heavy atom. The molecule has 4 nitrogen and oxygen atoms in total. The van der Waals surface area contributed by atoms with Crippen LogP contribution in [0.2, 0.25) is 5.02 Å². The number of hydrogen-bond donors (Lipinski definition) is 0. The molecular formula is C15H8ClN2O2+. The van der Waals surface area contributed by atoms with E-state index in [1.807, 2.05) is 0 Å². The zero-order valence-electron chi connectivity index (χ0n) is 10.2. The van der Waals surface area contributed by atoms with Crippen molar-refractivity contribution in [3.8, 4) is 5.69 Å². The van der Waals surface area contributed by atoms with E-state index in [1.165, 1.54) is 4.57 Å². The number of carbonyl (C=O) groups is 1. The van der Waals surface area contributed by atoms with E-state index in [0.29, 0.717) is 27.2 Å². The average molecular weight is 284 g/mol. The van der Waals surface area contributed by atoms with Crippen LogP contribution in [0.3, 0.4) is 0 Å². The third kappa shape index (κ3) is 1.29. The van der Waals surface area contributed by atoms with E-state index in [1.54, 1.807) is 42.5 Å². The predicted molar refractivity (Wildman–Crippen MR) is 71.3 cm³/mol. The summed E-state index contributed by atoms with van der Waals surface area (Å²) in [4.78, 5) is 29.3. The lowest BCUT2D eigenvalue weighted by Crippen LogP contribution is -2.21. The van der Waals surface area contributed by atoms with Gasteiger partial charge in [-0.1, -0.05) is 18.2 Å². The quantitative estimate of drug-likeness (QED) is 0.493. The number of fused-ring (bicyclic) bond motifs is 4. The number of hydrogen-bond acceptors (Lipinski definition) is 3. The number of nitrogens with zero attached hydrogens (tertiary/aromatic N) is 2. The van der Waals surface area contributed by atoms with Crippen LogP contribution in [0.25, 0.3) is 16.6 Å². The fourth-order valence-electron chi connectivity index (χ4n) is 2.55. The Hall–Kier alpha value is -2.46. The molecule has 5 heteroatoms. The van der Waals surface area contributed by atoms with Crippen LogP contribution >= 0.6 is 0 Å². The fraction of sp³-hybridized carbons (Fsp3) is 0. The van der Waals surface area contributed by atoms with Gasteiger partial charge in [-0.15, -0.1) is 0 Å². The van der Waals surface area contributed by atoms with Crippen molar-refractivity contribution in [1.82, 2.24) is 9.55 Å². The summed E-state index contributed by atoms with van der Waals surface area (Å²) >= 11 is 5.19. The largest absolute Gasteiger partial charge is 0.285 e. The maximum absolute atomic E-state index is 12.6. The van der Waals surface area contributed by atoms with Gasteiger partial charge in [0.25, 0.3) is 5.56 Å². The van der Waals surface area contributed by atoms with Crippen LogP contribution in [0.1, 0.15) is 16.2 Å². The summed E-state index contributed by atoms with van der Waals surface area (Å²) in [7, 11) is 0. The van der Waals surface area contributed by atoms with Gasteiger partial charge in [-0.2, -0.15) is 0 Å². The van der Waals surface area contributed by atoms with Crippen molar-refractivity contribution in [1.29, 1.82) is 0 Å². The Bertz CT molecular complexity index is 960. The molecular weight excluding hydrogens is 276 g/mol. The Kier molecular flexibility index (Phi) is 2.15. The van der Waals surface area contributed by atoms with Crippen LogP contribution < -0.4 is 5.56 Å². The molecule has 0 fully saturated rings. The monoisotopic (exact) mass is 283 g/mol. The lowest BCUT2D eigenvalue weighted by molar-refractivity contribution is -0.289. The molecule has 0 atom stereocenters. The lowest BCUT2D eigenvalue weighted by atomic mass is 10.1. The highest BCUT2D eigenvalue weighted by Crippen LogP contribution is 2.29. The number of benzene rings is 2. The summed E-state index contributed by atoms with van der Waals surface area (Å²) in [6.07, 6.45) is 0. The van der Waals surface area contributed by atoms with Crippen LogP contribution in [0, 0.1) is 11.6 Å². The zero-order chi connectivity index (χ0) is 13.9. The van der Waals surface area contributed by atoms with E-state index in [-0.39, 0.29) is 17.2 Å². The molecule has 0 unspecified atom stereocenters. The van der Waals surface area contributed by atoms with Gasteiger partial charge in [0, 0.05) is 6.07 Å². The Morgan fingerprint density at radius 1 is 1.00 bits per heavy atom. The minimum absolute atomic E-state index is 0.140. The molecule has 0 bridgehead atoms. The fourth-order valence-corrected chi connectivity index (χ4v) is 2.83. The summed E-state index contributed by atoms with van der Waals surface area (Å²) in [5.41, 5.74) is 1.21. The third-order valence-electron chi connectivity index (χ3n) is 3.45. The number of carbonyl (C=O) groups excluding carboxylic acids is 1. The van der Waals surface area contributed by atoms with Gasteiger partial charge in [0.05, 0.1) is 16.6 Å². The molecule has 1 aliphatic heterocycles. The highest BCUT2D eigenvalue weighted by Gasteiger charge is 2.34. The van der Waals surface area contributed by atoms with Gasteiger partial charge in [-0.25, -0.2) is 4.98 Å². The van der Waals surface area contributed by atoms with Crippen molar-refractivity contribution in [2.24, 2.45) is 0 Å². The van der Waals surface area contributed by atoms with Crippen molar-refractivity contribution in [3.05, 3.63) is 69.2 Å². The van der Waals surface area contributed by atoms with Crippen molar-refractivity contribution in [2.75, 3.05) is 0 Å². The topological polar surface area (TPSA) is 52.0 Å². The smallest absolute Gasteiger partial charge is 0.266 e. The Labute approximate surface area is 118 Å². The molecule has 0 amide bonds. The van der Waals surface area contributed by atoms with Crippen LogP contribution in [-0.4, -0.2) is 15.3 Å². The van der Waals surface area contributed by atoms with Crippen molar-refractivity contribution in [3.63, 3.8) is 0 Å². The van der Waals surface area contributed by atoms with Crippen LogP contribution in [0.15, 0.2) is 47.3 Å². The average Bonchev–Trinajstić information content (AvgIpc) is 2.74. The Morgan fingerprint density at radius 2 is 1.80 bits per heavy atom. The maximum atomic E-state index is 12.6. The van der Waals surface area contributed by atoms with E-state index in [4.69, 9.17) is 11.6 Å². The molecule has 0 saturated heterocycles. The van der Waals surface area contributed by atoms with Gasteiger partial charge in [0.2, 0.25) is 10.8 Å². The van der Waals surface area contributed by atoms with E-state index in [9.17, 15) is 9.59 Å². The molecule has 3 aromatic rings. The first kappa shape index (κ1) is 11.4. The van der Waals surface area contributed by atoms with Gasteiger partial charge >= 0.3 is 0 Å². The summed E-state index contributed by atoms with van der Waals surface area (Å²) in [6.45, 7) is 0. The molecule has 2 aromatic carbocycles. The molecule has 1 aliphatic rings. The first-order valence-corrected chi connectivity index (χ1v) is 6.46. The minimum atomic E-state index is -0.284. The SMILES string of the molecule is O=C1c2c([ClH+])cccc2-n2c1nc1ccccc1c2=O. The van der Waals surface area contributed by atoms with E-state index in [2.05, 4.69) is 4.98 Å². The second kappa shape index (κ2) is 3.77. The first-order chi connectivity index (χ1) is 9.68. The highest BCUT2D eigenvalue weighted by molar-refractivity contribution is 6.14. The van der Waals surface area contributed by atoms with Gasteiger partial charge in [-0.3, -0.25) is 14.2 Å². The summed E-state index contributed by atoms with van der Waals surface area (Å²) < 4.78 is 1.36. The minimum Gasteiger partial charge on any atom is -0.285 e. The zero-order valence-corrected chi connectivity index (χ0v) is 11.0. The van der Waals surface area contributed by atoms with Gasteiger partial charge in [0.15, 0.2) is 17.4 Å². The molecule has 4 rings (SSSR count). The summed E-state index contributed by atoms with van der Waals surface area (Å²) in [5.74, 6) is -0.144. The Balaban J connectivity index is 2.23. The van der Waals surface area contributed by atoms with Crippen LogP contribution in [-0.2, 0) is 0 Å². The normalized spacial score (nSPS) is 12.6. The van der Waals surface area contributed by atoms with E-state index < -0.39 is 0 Å². The van der Waals surface area contributed by atoms with E-state index >= 15 is 0 Å².